The predicted molar refractivity (Wildman–Crippen MR) is 121 cm³/mol. The fourth-order valence-electron chi connectivity index (χ4n) is 2.71. The summed E-state index contributed by atoms with van der Waals surface area (Å²) in [6.07, 6.45) is 1.49. The Kier molecular flexibility index (Phi) is 7.91. The first-order valence-corrected chi connectivity index (χ1v) is 10.7. The van der Waals surface area contributed by atoms with Gasteiger partial charge in [-0.25, -0.2) is 0 Å². The molecule has 1 aliphatic rings. The molecule has 2 aromatic carbocycles. The zero-order valence-corrected chi connectivity index (χ0v) is 18.6. The maximum absolute atomic E-state index is 12.4. The van der Waals surface area contributed by atoms with Crippen molar-refractivity contribution in [1.82, 2.24) is 4.90 Å². The van der Waals surface area contributed by atoms with Crippen molar-refractivity contribution in [3.8, 4) is 5.75 Å². The Morgan fingerprint density at radius 3 is 2.59 bits per heavy atom. The lowest BCUT2D eigenvalue weighted by molar-refractivity contribution is -0.146. The van der Waals surface area contributed by atoms with Crippen molar-refractivity contribution >= 4 is 58.1 Å². The smallest absolute Gasteiger partial charge is 0.326 e. The third-order valence-electron chi connectivity index (χ3n) is 4.14. The highest BCUT2D eigenvalue weighted by Gasteiger charge is 2.36. The van der Waals surface area contributed by atoms with E-state index in [1.165, 1.54) is 6.08 Å². The summed E-state index contributed by atoms with van der Waals surface area (Å²) >= 11 is 6.96. The second-order valence-electron chi connectivity index (χ2n) is 6.47. The molecular formula is C22H19ClN2O6S. The summed E-state index contributed by atoms with van der Waals surface area (Å²) in [6.45, 7) is 1.12. The molecule has 0 atom stereocenters. The number of carbonyl (C=O) groups excluding carboxylic acids is 4. The highest BCUT2D eigenvalue weighted by Crippen LogP contribution is 2.33. The number of thioether (sulfide) groups is 1. The lowest BCUT2D eigenvalue weighted by atomic mass is 10.2. The normalized spacial score (nSPS) is 14.6. The van der Waals surface area contributed by atoms with Crippen LogP contribution in [0.15, 0.2) is 53.4 Å². The molecule has 0 bridgehead atoms. The molecule has 0 unspecified atom stereocenters. The first-order chi connectivity index (χ1) is 15.4. The molecule has 1 heterocycles. The summed E-state index contributed by atoms with van der Waals surface area (Å²) in [6, 6.07) is 13.7. The number of imide groups is 1. The van der Waals surface area contributed by atoms with Gasteiger partial charge >= 0.3 is 5.97 Å². The molecule has 3 amide bonds. The Balaban J connectivity index is 1.61. The van der Waals surface area contributed by atoms with Crippen molar-refractivity contribution in [3.05, 3.63) is 64.0 Å². The quantitative estimate of drug-likeness (QED) is 0.456. The molecule has 0 aliphatic carbocycles. The van der Waals surface area contributed by atoms with Crippen LogP contribution < -0.4 is 10.1 Å². The molecule has 10 heteroatoms. The number of para-hydroxylation sites is 1. The molecule has 1 saturated heterocycles. The van der Waals surface area contributed by atoms with Crippen LogP contribution in [0.5, 0.6) is 5.75 Å². The SMILES string of the molecule is CCOC(=O)CN1C(=O)SC(=Cc2ccc(OCC(=O)Nc3ccccc3)c(Cl)c2)C1=O. The first-order valence-electron chi connectivity index (χ1n) is 9.55. The topological polar surface area (TPSA) is 102 Å². The summed E-state index contributed by atoms with van der Waals surface area (Å²) in [4.78, 5) is 49.1. The number of benzene rings is 2. The largest absolute Gasteiger partial charge is 0.482 e. The predicted octanol–water partition coefficient (Wildman–Crippen LogP) is 3.96. The highest BCUT2D eigenvalue weighted by atomic mass is 35.5. The maximum atomic E-state index is 12.4. The van der Waals surface area contributed by atoms with Gasteiger partial charge < -0.3 is 14.8 Å². The molecule has 1 N–H and O–H groups in total. The molecule has 0 radical (unpaired) electrons. The number of ether oxygens (including phenoxy) is 2. The van der Waals surface area contributed by atoms with Gasteiger partial charge in [-0.1, -0.05) is 35.9 Å². The molecular weight excluding hydrogens is 456 g/mol. The number of hydrogen-bond donors (Lipinski definition) is 1. The number of nitrogens with zero attached hydrogens (tertiary/aromatic N) is 1. The lowest BCUT2D eigenvalue weighted by Gasteiger charge is -2.11. The van der Waals surface area contributed by atoms with Gasteiger partial charge in [0.25, 0.3) is 17.1 Å². The van der Waals surface area contributed by atoms with Gasteiger partial charge in [0, 0.05) is 5.69 Å². The van der Waals surface area contributed by atoms with Crippen molar-refractivity contribution in [2.75, 3.05) is 25.1 Å². The van der Waals surface area contributed by atoms with Crippen molar-refractivity contribution in [3.63, 3.8) is 0 Å². The zero-order chi connectivity index (χ0) is 23.1. The minimum absolute atomic E-state index is 0.158. The summed E-state index contributed by atoms with van der Waals surface area (Å²) in [5.41, 5.74) is 1.21. The van der Waals surface area contributed by atoms with Gasteiger partial charge in [0.05, 0.1) is 16.5 Å². The van der Waals surface area contributed by atoms with E-state index in [0.717, 1.165) is 16.7 Å². The second kappa shape index (κ2) is 10.8. The first kappa shape index (κ1) is 23.4. The number of amides is 3. The number of anilines is 1. The number of hydrogen-bond acceptors (Lipinski definition) is 7. The molecule has 1 fully saturated rings. The van der Waals surface area contributed by atoms with E-state index >= 15 is 0 Å². The number of carbonyl (C=O) groups is 4. The summed E-state index contributed by atoms with van der Waals surface area (Å²) in [7, 11) is 0. The van der Waals surface area contributed by atoms with Crippen LogP contribution in [0.1, 0.15) is 12.5 Å². The second-order valence-corrected chi connectivity index (χ2v) is 7.87. The minimum Gasteiger partial charge on any atom is -0.482 e. The third kappa shape index (κ3) is 6.12. The van der Waals surface area contributed by atoms with E-state index < -0.39 is 23.7 Å². The van der Waals surface area contributed by atoms with Gasteiger partial charge in [0.1, 0.15) is 12.3 Å². The van der Waals surface area contributed by atoms with Crippen molar-refractivity contribution in [2.45, 2.75) is 6.92 Å². The third-order valence-corrected chi connectivity index (χ3v) is 5.34. The number of rotatable bonds is 8. The van der Waals surface area contributed by atoms with Crippen molar-refractivity contribution < 1.29 is 28.7 Å². The van der Waals surface area contributed by atoms with Gasteiger partial charge in [0.2, 0.25) is 0 Å². The van der Waals surface area contributed by atoms with Crippen molar-refractivity contribution in [2.24, 2.45) is 0 Å². The molecule has 8 nitrogen and oxygen atoms in total. The van der Waals surface area contributed by atoms with Crippen LogP contribution in [0.3, 0.4) is 0 Å². The molecule has 2 aromatic rings. The summed E-state index contributed by atoms with van der Waals surface area (Å²) in [5, 5.41) is 2.38. The van der Waals surface area contributed by atoms with Crippen LogP contribution in [0.4, 0.5) is 10.5 Å². The van der Waals surface area contributed by atoms with E-state index in [-0.39, 0.29) is 29.0 Å². The fourth-order valence-corrected chi connectivity index (χ4v) is 3.79. The van der Waals surface area contributed by atoms with Gasteiger partial charge in [-0.15, -0.1) is 0 Å². The molecule has 0 spiro atoms. The summed E-state index contributed by atoms with van der Waals surface area (Å²) in [5.74, 6) is -1.28. The van der Waals surface area contributed by atoms with Crippen LogP contribution >= 0.6 is 23.4 Å². The van der Waals surface area contributed by atoms with E-state index in [2.05, 4.69) is 5.32 Å². The Labute approximate surface area is 193 Å². The number of nitrogens with one attached hydrogen (secondary N) is 1. The molecule has 0 aromatic heterocycles. The van der Waals surface area contributed by atoms with Crippen LogP contribution in [0.25, 0.3) is 6.08 Å². The molecule has 166 valence electrons. The fraction of sp³-hybridized carbons (Fsp3) is 0.182. The lowest BCUT2D eigenvalue weighted by Crippen LogP contribution is -2.34. The van der Waals surface area contributed by atoms with Crippen LogP contribution in [0, 0.1) is 0 Å². The van der Waals surface area contributed by atoms with Gasteiger partial charge in [-0.2, -0.15) is 0 Å². The van der Waals surface area contributed by atoms with E-state index in [4.69, 9.17) is 21.1 Å². The average Bonchev–Trinajstić information content (AvgIpc) is 3.01. The van der Waals surface area contributed by atoms with Crippen molar-refractivity contribution in [1.29, 1.82) is 0 Å². The Hall–Kier alpha value is -3.30. The number of esters is 1. The van der Waals surface area contributed by atoms with Crippen LogP contribution in [0.2, 0.25) is 5.02 Å². The minimum atomic E-state index is -0.656. The molecule has 3 rings (SSSR count). The molecule has 32 heavy (non-hydrogen) atoms. The Morgan fingerprint density at radius 2 is 1.91 bits per heavy atom. The molecule has 0 saturated carbocycles. The van der Waals surface area contributed by atoms with E-state index in [0.29, 0.717) is 17.0 Å². The highest BCUT2D eigenvalue weighted by molar-refractivity contribution is 8.18. The van der Waals surface area contributed by atoms with Gasteiger partial charge in [-0.3, -0.25) is 24.1 Å². The summed E-state index contributed by atoms with van der Waals surface area (Å²) < 4.78 is 10.2. The van der Waals surface area contributed by atoms with Gasteiger partial charge in [0.15, 0.2) is 6.61 Å². The zero-order valence-electron chi connectivity index (χ0n) is 17.0. The maximum Gasteiger partial charge on any atom is 0.326 e. The number of halogens is 1. The van der Waals surface area contributed by atoms with Gasteiger partial charge in [-0.05, 0) is 54.6 Å². The Morgan fingerprint density at radius 1 is 1.16 bits per heavy atom. The Bertz CT molecular complexity index is 1070. The van der Waals surface area contributed by atoms with E-state index in [9.17, 15) is 19.2 Å². The van der Waals surface area contributed by atoms with E-state index in [1.807, 2.05) is 6.07 Å². The van der Waals surface area contributed by atoms with E-state index in [1.54, 1.807) is 49.4 Å². The van der Waals surface area contributed by atoms with Crippen LogP contribution in [-0.2, 0) is 19.1 Å². The monoisotopic (exact) mass is 474 g/mol. The molecule has 1 aliphatic heterocycles. The van der Waals surface area contributed by atoms with Crippen LogP contribution in [-0.4, -0.2) is 47.7 Å². The average molecular weight is 475 g/mol. The standard InChI is InChI=1S/C22H19ClN2O6S/c1-2-30-20(27)12-25-21(28)18(32-22(25)29)11-14-8-9-17(16(23)10-14)31-13-19(26)24-15-6-4-3-5-7-15/h3-11H,2,12-13H2,1H3,(H,24,26).